The second-order valence-electron chi connectivity index (χ2n) is 9.00. The van der Waals surface area contributed by atoms with Gasteiger partial charge in [0, 0.05) is 48.2 Å². The van der Waals surface area contributed by atoms with Gasteiger partial charge in [-0.25, -0.2) is 9.78 Å². The first kappa shape index (κ1) is 26.0. The van der Waals surface area contributed by atoms with Gasteiger partial charge in [-0.3, -0.25) is 4.98 Å². The summed E-state index contributed by atoms with van der Waals surface area (Å²) in [4.78, 5) is 20.3. The Bertz CT molecular complexity index is 1430. The lowest BCUT2D eigenvalue weighted by atomic mass is 10.0. The van der Waals surface area contributed by atoms with Crippen LogP contribution >= 0.6 is 0 Å². The van der Waals surface area contributed by atoms with E-state index in [9.17, 15) is 9.90 Å². The van der Waals surface area contributed by atoms with Gasteiger partial charge < -0.3 is 20.5 Å². The van der Waals surface area contributed by atoms with Crippen molar-refractivity contribution in [1.82, 2.24) is 15.3 Å². The van der Waals surface area contributed by atoms with E-state index >= 15 is 0 Å². The number of hydrogen-bond acceptors (Lipinski definition) is 7. The predicted molar refractivity (Wildman–Crippen MR) is 145 cm³/mol. The van der Waals surface area contributed by atoms with Crippen molar-refractivity contribution in [2.45, 2.75) is 32.7 Å². The molecule has 37 heavy (non-hydrogen) atoms. The number of benzene rings is 2. The molecule has 4 rings (SSSR count). The zero-order chi connectivity index (χ0) is 26.0. The number of carbonyl (C=O) groups is 1. The molecule has 0 fully saturated rings. The molecule has 2 heterocycles. The molecule has 0 aliphatic rings. The monoisotopic (exact) mass is 497 g/mol. The lowest BCUT2D eigenvalue weighted by Crippen LogP contribution is -2.16. The predicted octanol–water partition coefficient (Wildman–Crippen LogP) is 4.85. The maximum Gasteiger partial charge on any atom is 0.335 e. The fourth-order valence-corrected chi connectivity index (χ4v) is 4.39. The van der Waals surface area contributed by atoms with E-state index in [4.69, 9.17) is 10.00 Å². The van der Waals surface area contributed by atoms with E-state index in [-0.39, 0.29) is 5.56 Å². The molecule has 0 aliphatic heterocycles. The van der Waals surface area contributed by atoms with E-state index in [0.717, 1.165) is 47.7 Å². The van der Waals surface area contributed by atoms with Crippen molar-refractivity contribution in [1.29, 1.82) is 5.26 Å². The minimum atomic E-state index is -0.979. The molecule has 190 valence electrons. The Balaban J connectivity index is 1.20. The maximum atomic E-state index is 11.4. The first-order valence-electron chi connectivity index (χ1n) is 12.4. The maximum absolute atomic E-state index is 11.4. The summed E-state index contributed by atoms with van der Waals surface area (Å²) in [5, 5.41) is 27.8. The third-order valence-electron chi connectivity index (χ3n) is 6.08. The van der Waals surface area contributed by atoms with Crippen molar-refractivity contribution >= 4 is 33.5 Å². The van der Waals surface area contributed by atoms with Crippen LogP contribution in [-0.4, -0.2) is 47.3 Å². The third kappa shape index (κ3) is 7.00. The van der Waals surface area contributed by atoms with Crippen molar-refractivity contribution in [3.8, 4) is 6.07 Å². The number of nitriles is 1. The number of fused-ring (bicyclic) bond motifs is 3. The van der Waals surface area contributed by atoms with E-state index in [1.807, 2.05) is 6.07 Å². The van der Waals surface area contributed by atoms with E-state index in [2.05, 4.69) is 51.8 Å². The summed E-state index contributed by atoms with van der Waals surface area (Å²) in [7, 11) is 0. The van der Waals surface area contributed by atoms with Gasteiger partial charge in [0.05, 0.1) is 30.2 Å². The topological polar surface area (TPSA) is 120 Å². The lowest BCUT2D eigenvalue weighted by Gasteiger charge is -2.12. The van der Waals surface area contributed by atoms with Crippen molar-refractivity contribution < 1.29 is 14.6 Å². The summed E-state index contributed by atoms with van der Waals surface area (Å²) in [5.41, 5.74) is 4.27. The highest BCUT2D eigenvalue weighted by Gasteiger charge is 2.11. The van der Waals surface area contributed by atoms with Crippen molar-refractivity contribution in [2.75, 3.05) is 31.6 Å². The van der Waals surface area contributed by atoms with Gasteiger partial charge in [-0.15, -0.1) is 0 Å². The second kappa shape index (κ2) is 12.8. The average molecular weight is 498 g/mol. The van der Waals surface area contributed by atoms with Gasteiger partial charge in [0.15, 0.2) is 0 Å². The molecule has 0 unspecified atom stereocenters. The molecule has 0 bridgehead atoms. The molecule has 0 atom stereocenters. The minimum absolute atomic E-state index is 0.203. The second-order valence-corrected chi connectivity index (χ2v) is 9.00. The highest BCUT2D eigenvalue weighted by Crippen LogP contribution is 2.29. The highest BCUT2D eigenvalue weighted by atomic mass is 16.5. The molecule has 3 N–H and O–H groups in total. The van der Waals surface area contributed by atoms with E-state index in [0.29, 0.717) is 37.5 Å². The van der Waals surface area contributed by atoms with Gasteiger partial charge in [-0.05, 0) is 55.6 Å². The Kier molecular flexibility index (Phi) is 8.98. The van der Waals surface area contributed by atoms with Crippen LogP contribution in [0.4, 0.5) is 5.82 Å². The summed E-state index contributed by atoms with van der Waals surface area (Å²) in [6, 6.07) is 15.4. The number of unbranched alkanes of at least 4 members (excludes halogenated alkanes) is 1. The van der Waals surface area contributed by atoms with E-state index in [1.165, 1.54) is 11.1 Å². The molecule has 4 aromatic rings. The van der Waals surface area contributed by atoms with Crippen LogP contribution < -0.4 is 10.6 Å². The van der Waals surface area contributed by atoms with Crippen molar-refractivity contribution in [3.05, 3.63) is 77.1 Å². The van der Waals surface area contributed by atoms with E-state index < -0.39 is 5.97 Å². The summed E-state index contributed by atoms with van der Waals surface area (Å²) in [6.07, 6.45) is 5.92. The summed E-state index contributed by atoms with van der Waals surface area (Å²) in [5.74, 6) is -0.290. The molecule has 0 spiro atoms. The van der Waals surface area contributed by atoms with Gasteiger partial charge >= 0.3 is 5.97 Å². The SMILES string of the molecule is Cc1cc(CC#N)cc(CNCCCCOCCNc2nc3cc(C(=O)O)ccc3c3cnccc23)c1. The molecule has 0 aliphatic carbocycles. The van der Waals surface area contributed by atoms with Gasteiger partial charge in [0.2, 0.25) is 0 Å². The fraction of sp³-hybridized carbons (Fsp3) is 0.310. The number of hydrogen-bond donors (Lipinski definition) is 3. The van der Waals surface area contributed by atoms with Crippen molar-refractivity contribution in [2.24, 2.45) is 0 Å². The van der Waals surface area contributed by atoms with Crippen LogP contribution in [0.15, 0.2) is 54.9 Å². The Hall–Kier alpha value is -4.06. The molecule has 2 aromatic carbocycles. The molecular formula is C29H31N5O3. The molecule has 8 heteroatoms. The van der Waals surface area contributed by atoms with E-state index in [1.54, 1.807) is 30.6 Å². The van der Waals surface area contributed by atoms with Gasteiger partial charge in [-0.2, -0.15) is 5.26 Å². The Labute approximate surface area is 216 Å². The van der Waals surface area contributed by atoms with Gasteiger partial charge in [0.25, 0.3) is 0 Å². The van der Waals surface area contributed by atoms with Crippen LogP contribution in [0, 0.1) is 18.3 Å². The number of nitrogens with one attached hydrogen (secondary N) is 2. The Morgan fingerprint density at radius 3 is 2.73 bits per heavy atom. The van der Waals surface area contributed by atoms with Gasteiger partial charge in [-0.1, -0.05) is 29.8 Å². The Morgan fingerprint density at radius 2 is 1.89 bits per heavy atom. The molecule has 8 nitrogen and oxygen atoms in total. The van der Waals surface area contributed by atoms with Crippen LogP contribution in [0.25, 0.3) is 21.7 Å². The summed E-state index contributed by atoms with van der Waals surface area (Å²) < 4.78 is 5.79. The van der Waals surface area contributed by atoms with Crippen LogP contribution in [-0.2, 0) is 17.7 Å². The number of carboxylic acids is 1. The van der Waals surface area contributed by atoms with Crippen LogP contribution in [0.3, 0.4) is 0 Å². The number of ether oxygens (including phenoxy) is 1. The average Bonchev–Trinajstić information content (AvgIpc) is 2.89. The van der Waals surface area contributed by atoms with Gasteiger partial charge in [0.1, 0.15) is 5.82 Å². The third-order valence-corrected chi connectivity index (χ3v) is 6.08. The number of carboxylic acid groups (broad SMARTS) is 1. The first-order valence-corrected chi connectivity index (χ1v) is 12.4. The number of aromatic carboxylic acids is 1. The molecule has 0 radical (unpaired) electrons. The smallest absolute Gasteiger partial charge is 0.335 e. The first-order chi connectivity index (χ1) is 18.0. The molecule has 0 saturated carbocycles. The quantitative estimate of drug-likeness (QED) is 0.177. The molecule has 0 saturated heterocycles. The van der Waals surface area contributed by atoms with Crippen LogP contribution in [0.5, 0.6) is 0 Å². The highest BCUT2D eigenvalue weighted by molar-refractivity contribution is 6.10. The number of anilines is 1. The largest absolute Gasteiger partial charge is 0.478 e. The van der Waals surface area contributed by atoms with Crippen LogP contribution in [0.1, 0.15) is 39.9 Å². The standard InChI is InChI=1S/C29H31N5O3/c1-20-14-21(6-8-30)16-22(15-20)18-31-9-2-3-12-37-13-11-33-28-25-7-10-32-19-26(25)24-5-4-23(29(35)36)17-27(24)34-28/h4-5,7,10,14-17,19,31H,2-3,6,9,11-13,18H2,1H3,(H,33,34)(H,35,36). The van der Waals surface area contributed by atoms with Crippen molar-refractivity contribution in [3.63, 3.8) is 0 Å². The number of aryl methyl sites for hydroxylation is 1. The lowest BCUT2D eigenvalue weighted by molar-refractivity contribution is 0.0697. The normalized spacial score (nSPS) is 11.0. The summed E-state index contributed by atoms with van der Waals surface area (Å²) >= 11 is 0. The number of pyridine rings is 2. The molecule has 2 aromatic heterocycles. The number of aromatic nitrogens is 2. The fourth-order valence-electron chi connectivity index (χ4n) is 4.39. The summed E-state index contributed by atoms with van der Waals surface area (Å²) in [6.45, 7) is 5.56. The molecular weight excluding hydrogens is 466 g/mol. The zero-order valence-corrected chi connectivity index (χ0v) is 21.0. The zero-order valence-electron chi connectivity index (χ0n) is 21.0. The minimum Gasteiger partial charge on any atom is -0.478 e. The van der Waals surface area contributed by atoms with Crippen LogP contribution in [0.2, 0.25) is 0 Å². The number of nitrogens with zero attached hydrogens (tertiary/aromatic N) is 3. The number of rotatable bonds is 13. The molecule has 0 amide bonds. The Morgan fingerprint density at radius 1 is 1.03 bits per heavy atom.